The molecule has 0 spiro atoms. The fourth-order valence-corrected chi connectivity index (χ4v) is 5.59. The number of amides is 2. The van der Waals surface area contributed by atoms with Crippen molar-refractivity contribution in [2.45, 2.75) is 57.5 Å². The van der Waals surface area contributed by atoms with Crippen LogP contribution >= 0.6 is 0 Å². The van der Waals surface area contributed by atoms with E-state index < -0.39 is 34.2 Å². The van der Waals surface area contributed by atoms with Crippen molar-refractivity contribution in [2.75, 3.05) is 26.7 Å². The lowest BCUT2D eigenvalue weighted by atomic mass is 10.0. The SMILES string of the molecule is COc1cc(C)c(S(=O)(=O)NC(N)=NCCC[C@H](OC(N)=O)C(=O)N2CCC(=C(F)F)CC2)c(C)c1C. The van der Waals surface area contributed by atoms with Gasteiger partial charge in [-0.05, 0) is 74.8 Å². The van der Waals surface area contributed by atoms with Gasteiger partial charge >= 0.3 is 6.09 Å². The van der Waals surface area contributed by atoms with Crippen molar-refractivity contribution in [3.63, 3.8) is 0 Å². The number of piperidine rings is 1. The van der Waals surface area contributed by atoms with Crippen molar-refractivity contribution in [1.82, 2.24) is 9.62 Å². The predicted octanol–water partition coefficient (Wildman–Crippen LogP) is 2.23. The summed E-state index contributed by atoms with van der Waals surface area (Å²) in [6, 6.07) is 1.62. The largest absolute Gasteiger partial charge is 0.496 e. The normalized spacial score (nSPS) is 15.2. The molecule has 1 atom stereocenters. The van der Waals surface area contributed by atoms with E-state index in [1.165, 1.54) is 12.0 Å². The molecule has 0 unspecified atom stereocenters. The third-order valence-electron chi connectivity index (χ3n) is 6.09. The molecule has 1 aromatic carbocycles. The van der Waals surface area contributed by atoms with Crippen molar-refractivity contribution in [2.24, 2.45) is 16.5 Å². The highest BCUT2D eigenvalue weighted by atomic mass is 32.2. The number of nitrogens with one attached hydrogen (secondary N) is 1. The molecule has 1 aliphatic heterocycles. The van der Waals surface area contributed by atoms with Gasteiger partial charge in [-0.3, -0.25) is 9.79 Å². The standard InChI is InChI=1S/C23H33F2N5O6S/c1-13-12-18(35-4)14(2)15(3)19(13)37(33,34)29-22(26)28-9-5-6-17(36-23(27)32)21(31)30-10-7-16(8-11-30)20(24)25/h12,17H,5-11H2,1-4H3,(H2,27,32)(H3,26,28,29)/t17-/m0/s1. The second-order valence-corrected chi connectivity index (χ2v) is 10.2. The van der Waals surface area contributed by atoms with Gasteiger partial charge in [0.15, 0.2) is 6.10 Å². The van der Waals surface area contributed by atoms with E-state index in [1.54, 1.807) is 26.8 Å². The van der Waals surface area contributed by atoms with E-state index in [0.29, 0.717) is 22.4 Å². The van der Waals surface area contributed by atoms with E-state index in [2.05, 4.69) is 9.71 Å². The molecule has 11 nitrogen and oxygen atoms in total. The maximum absolute atomic E-state index is 12.9. The predicted molar refractivity (Wildman–Crippen MR) is 133 cm³/mol. The highest BCUT2D eigenvalue weighted by Crippen LogP contribution is 2.30. The average molecular weight is 546 g/mol. The molecule has 0 aliphatic carbocycles. The topological polar surface area (TPSA) is 166 Å². The van der Waals surface area contributed by atoms with Crippen LogP contribution in [0.25, 0.3) is 0 Å². The Balaban J connectivity index is 2.02. The molecule has 14 heteroatoms. The first-order chi connectivity index (χ1) is 17.3. The lowest BCUT2D eigenvalue weighted by Crippen LogP contribution is -2.45. The van der Waals surface area contributed by atoms with E-state index in [9.17, 15) is 26.8 Å². The number of hydrogen-bond donors (Lipinski definition) is 3. The third-order valence-corrected chi connectivity index (χ3v) is 7.74. The zero-order valence-corrected chi connectivity index (χ0v) is 22.1. The number of sulfonamides is 1. The number of methoxy groups -OCH3 is 1. The summed E-state index contributed by atoms with van der Waals surface area (Å²) in [4.78, 5) is 29.4. The number of nitrogens with zero attached hydrogens (tertiary/aromatic N) is 2. The maximum Gasteiger partial charge on any atom is 0.405 e. The number of primary amides is 1. The maximum atomic E-state index is 12.9. The Bertz CT molecular complexity index is 1190. The van der Waals surface area contributed by atoms with Crippen molar-refractivity contribution in [3.8, 4) is 5.75 Å². The van der Waals surface area contributed by atoms with Gasteiger partial charge in [-0.1, -0.05) is 0 Å². The van der Waals surface area contributed by atoms with Crippen molar-refractivity contribution >= 4 is 28.0 Å². The first-order valence-corrected chi connectivity index (χ1v) is 13.0. The smallest absolute Gasteiger partial charge is 0.405 e. The van der Waals surface area contributed by atoms with E-state index in [0.717, 1.165) is 0 Å². The quantitative estimate of drug-likeness (QED) is 0.243. The zero-order valence-electron chi connectivity index (χ0n) is 21.3. The molecule has 0 saturated carbocycles. The van der Waals surface area contributed by atoms with Crippen molar-refractivity contribution < 1.29 is 36.3 Å². The number of nitrogens with two attached hydrogens (primary N) is 2. The minimum Gasteiger partial charge on any atom is -0.496 e. The Morgan fingerprint density at radius 1 is 1.16 bits per heavy atom. The second-order valence-electron chi connectivity index (χ2n) is 8.60. The van der Waals surface area contributed by atoms with Crippen LogP contribution < -0.4 is 20.9 Å². The molecule has 2 amide bonds. The Morgan fingerprint density at radius 3 is 2.32 bits per heavy atom. The van der Waals surface area contributed by atoms with Gasteiger partial charge < -0.3 is 25.8 Å². The zero-order chi connectivity index (χ0) is 27.9. The van der Waals surface area contributed by atoms with E-state index in [4.69, 9.17) is 20.9 Å². The van der Waals surface area contributed by atoms with Crippen LogP contribution in [0.1, 0.15) is 42.4 Å². The molecule has 0 bridgehead atoms. The first kappa shape index (κ1) is 29.8. The summed E-state index contributed by atoms with van der Waals surface area (Å²) in [5.74, 6) is -0.334. The molecular formula is C23H33F2N5O6S. The summed E-state index contributed by atoms with van der Waals surface area (Å²) in [5, 5.41) is 0. The molecule has 1 heterocycles. The number of hydrogen-bond acceptors (Lipinski definition) is 7. The minimum atomic E-state index is -4.04. The number of aliphatic imine (C=N–C) groups is 1. The molecule has 1 saturated heterocycles. The Kier molecular flexibility index (Phi) is 10.2. The summed E-state index contributed by atoms with van der Waals surface area (Å²) in [6.07, 6.45) is -3.82. The first-order valence-electron chi connectivity index (χ1n) is 11.5. The lowest BCUT2D eigenvalue weighted by Gasteiger charge is -2.30. The molecule has 0 aromatic heterocycles. The molecule has 1 fully saturated rings. The number of guanidine groups is 1. The van der Waals surface area contributed by atoms with Gasteiger partial charge in [-0.15, -0.1) is 0 Å². The van der Waals surface area contributed by atoms with Gasteiger partial charge in [0, 0.05) is 19.6 Å². The minimum absolute atomic E-state index is 0.00104. The van der Waals surface area contributed by atoms with Crippen LogP contribution in [0.4, 0.5) is 13.6 Å². The van der Waals surface area contributed by atoms with Gasteiger partial charge in [-0.2, -0.15) is 8.78 Å². The number of rotatable bonds is 9. The van der Waals surface area contributed by atoms with Gasteiger partial charge in [-0.25, -0.2) is 17.9 Å². The number of ether oxygens (including phenoxy) is 2. The lowest BCUT2D eigenvalue weighted by molar-refractivity contribution is -0.141. The molecule has 0 radical (unpaired) electrons. The highest BCUT2D eigenvalue weighted by molar-refractivity contribution is 7.90. The Labute approximate surface area is 214 Å². The summed E-state index contributed by atoms with van der Waals surface area (Å²) in [5.41, 5.74) is 12.5. The molecule has 206 valence electrons. The van der Waals surface area contributed by atoms with Crippen LogP contribution in [0, 0.1) is 20.8 Å². The van der Waals surface area contributed by atoms with E-state index in [-0.39, 0.29) is 61.7 Å². The average Bonchev–Trinajstić information content (AvgIpc) is 2.82. The highest BCUT2D eigenvalue weighted by Gasteiger charge is 2.30. The molecule has 5 N–H and O–H groups in total. The Hall–Kier alpha value is -3.42. The number of carbonyl (C=O) groups is 2. The number of aryl methyl sites for hydroxylation is 1. The third kappa shape index (κ3) is 7.78. The molecule has 2 rings (SSSR count). The summed E-state index contributed by atoms with van der Waals surface area (Å²) in [6.45, 7) is 5.20. The number of carbonyl (C=O) groups excluding carboxylic acids is 2. The molecule has 1 aliphatic rings. The fourth-order valence-electron chi connectivity index (χ4n) is 4.11. The van der Waals surface area contributed by atoms with Crippen LogP contribution in [0.3, 0.4) is 0 Å². The van der Waals surface area contributed by atoms with Crippen molar-refractivity contribution in [3.05, 3.63) is 34.4 Å². The van der Waals surface area contributed by atoms with Crippen LogP contribution in [-0.2, 0) is 19.6 Å². The summed E-state index contributed by atoms with van der Waals surface area (Å²) in [7, 11) is -2.54. The van der Waals surface area contributed by atoms with E-state index >= 15 is 0 Å². The monoisotopic (exact) mass is 545 g/mol. The van der Waals surface area contributed by atoms with Gasteiger partial charge in [0.2, 0.25) is 5.96 Å². The van der Waals surface area contributed by atoms with Crippen LogP contribution in [0.15, 0.2) is 27.6 Å². The molecular weight excluding hydrogens is 512 g/mol. The van der Waals surface area contributed by atoms with E-state index in [1.807, 2.05) is 0 Å². The number of likely N-dealkylation sites (tertiary alicyclic amines) is 1. The second kappa shape index (κ2) is 12.7. The Morgan fingerprint density at radius 2 is 1.78 bits per heavy atom. The summed E-state index contributed by atoms with van der Waals surface area (Å²) < 4.78 is 63.8. The number of benzene rings is 1. The van der Waals surface area contributed by atoms with Crippen molar-refractivity contribution in [1.29, 1.82) is 0 Å². The number of halogens is 2. The van der Waals surface area contributed by atoms with Gasteiger partial charge in [0.1, 0.15) is 5.75 Å². The van der Waals surface area contributed by atoms with Gasteiger partial charge in [0.25, 0.3) is 22.0 Å². The van der Waals surface area contributed by atoms with Gasteiger partial charge in [0.05, 0.1) is 12.0 Å². The van der Waals surface area contributed by atoms with Crippen LogP contribution in [0.5, 0.6) is 5.75 Å². The molecule has 37 heavy (non-hydrogen) atoms. The fraction of sp³-hybridized carbons (Fsp3) is 0.522. The molecule has 1 aromatic rings. The van der Waals surface area contributed by atoms with Crippen LogP contribution in [0.2, 0.25) is 0 Å². The summed E-state index contributed by atoms with van der Waals surface area (Å²) >= 11 is 0. The van der Waals surface area contributed by atoms with Crippen LogP contribution in [-0.4, -0.2) is 64.1 Å².